The second kappa shape index (κ2) is 5.79. The number of halogens is 3. The number of anilines is 1. The second-order valence-electron chi connectivity index (χ2n) is 6.66. The van der Waals surface area contributed by atoms with Crippen molar-refractivity contribution in [1.29, 1.82) is 0 Å². The summed E-state index contributed by atoms with van der Waals surface area (Å²) in [6, 6.07) is 5.37. The van der Waals surface area contributed by atoms with Gasteiger partial charge in [0.15, 0.2) is 4.87 Å². The van der Waals surface area contributed by atoms with Crippen LogP contribution in [0.1, 0.15) is 24.0 Å². The number of aryl methyl sites for hydroxylation is 2. The van der Waals surface area contributed by atoms with Crippen LogP contribution >= 0.6 is 34.8 Å². The number of nitrogens with zero attached hydrogens (tertiary/aromatic N) is 2. The molecular formula is C17H19Cl3N2O2. The van der Waals surface area contributed by atoms with Crippen LogP contribution in [-0.2, 0) is 9.59 Å². The smallest absolute Gasteiger partial charge is 0.249 e. The molecule has 1 aromatic carbocycles. The zero-order valence-corrected chi connectivity index (χ0v) is 16.0. The van der Waals surface area contributed by atoms with Crippen LogP contribution in [0.3, 0.4) is 0 Å². The van der Waals surface area contributed by atoms with Gasteiger partial charge in [0, 0.05) is 25.7 Å². The van der Waals surface area contributed by atoms with Gasteiger partial charge in [0.1, 0.15) is 10.4 Å². The van der Waals surface area contributed by atoms with Crippen LogP contribution in [0, 0.1) is 13.8 Å². The van der Waals surface area contributed by atoms with Crippen LogP contribution in [0.2, 0.25) is 0 Å². The largest absolute Gasteiger partial charge is 0.332 e. The van der Waals surface area contributed by atoms with Crippen molar-refractivity contribution in [2.45, 2.75) is 41.9 Å². The van der Waals surface area contributed by atoms with E-state index in [1.165, 1.54) is 10.5 Å². The number of carbonyl (C=O) groups excluding carboxylic acids is 2. The van der Waals surface area contributed by atoms with Crippen molar-refractivity contribution in [2.75, 3.05) is 18.5 Å². The predicted molar refractivity (Wildman–Crippen MR) is 97.1 cm³/mol. The highest BCUT2D eigenvalue weighted by molar-refractivity contribution is 6.62. The van der Waals surface area contributed by atoms with Crippen LogP contribution < -0.4 is 4.90 Å². The maximum Gasteiger partial charge on any atom is 0.249 e. The molecule has 0 spiro atoms. The molecule has 2 fully saturated rings. The first-order valence-corrected chi connectivity index (χ1v) is 8.94. The van der Waals surface area contributed by atoms with Gasteiger partial charge in [0.25, 0.3) is 0 Å². The van der Waals surface area contributed by atoms with Crippen LogP contribution in [0.5, 0.6) is 0 Å². The highest BCUT2D eigenvalue weighted by atomic mass is 35.5. The molecule has 2 aliphatic rings. The minimum atomic E-state index is -1.32. The number of hydrogen-bond acceptors (Lipinski definition) is 2. The molecule has 3 rings (SSSR count). The SMILES string of the molecule is Cc1ccc(N2CCC(N(C)C(=O)C3(Cl)CC3(Cl)Cl)C2=O)cc1C. The number of benzene rings is 1. The Kier molecular flexibility index (Phi) is 4.30. The zero-order chi connectivity index (χ0) is 17.9. The molecule has 1 aromatic rings. The first-order chi connectivity index (χ1) is 11.1. The molecule has 0 aromatic heterocycles. The summed E-state index contributed by atoms with van der Waals surface area (Å²) in [6.45, 7) is 4.60. The Balaban J connectivity index is 1.76. The molecule has 2 atom stereocenters. The van der Waals surface area contributed by atoms with Crippen LogP contribution in [0.25, 0.3) is 0 Å². The van der Waals surface area contributed by atoms with Gasteiger partial charge in [-0.25, -0.2) is 0 Å². The number of hydrogen-bond donors (Lipinski definition) is 0. The molecule has 2 amide bonds. The van der Waals surface area contributed by atoms with Crippen molar-refractivity contribution in [3.63, 3.8) is 0 Å². The van der Waals surface area contributed by atoms with Gasteiger partial charge >= 0.3 is 0 Å². The molecule has 1 saturated heterocycles. The molecule has 1 heterocycles. The first-order valence-electron chi connectivity index (χ1n) is 7.81. The normalized spacial score (nSPS) is 28.2. The molecular weight excluding hydrogens is 371 g/mol. The van der Waals surface area contributed by atoms with E-state index < -0.39 is 21.2 Å². The van der Waals surface area contributed by atoms with Gasteiger partial charge in [-0.2, -0.15) is 0 Å². The van der Waals surface area contributed by atoms with E-state index in [4.69, 9.17) is 34.8 Å². The summed E-state index contributed by atoms with van der Waals surface area (Å²) in [4.78, 5) is 27.1. The van der Waals surface area contributed by atoms with Crippen molar-refractivity contribution in [3.8, 4) is 0 Å². The predicted octanol–water partition coefficient (Wildman–Crippen LogP) is 3.42. The van der Waals surface area contributed by atoms with E-state index in [0.29, 0.717) is 13.0 Å². The van der Waals surface area contributed by atoms with E-state index in [2.05, 4.69) is 0 Å². The molecule has 7 heteroatoms. The van der Waals surface area contributed by atoms with Crippen molar-refractivity contribution < 1.29 is 9.59 Å². The lowest BCUT2D eigenvalue weighted by Gasteiger charge is -2.26. The third-order valence-corrected chi connectivity index (χ3v) is 6.75. The average Bonchev–Trinajstić information content (AvgIpc) is 2.85. The molecule has 0 radical (unpaired) electrons. The summed E-state index contributed by atoms with van der Waals surface area (Å²) in [5, 5.41) is 0. The fourth-order valence-corrected chi connectivity index (χ4v) is 4.12. The maximum atomic E-state index is 12.8. The van der Waals surface area contributed by atoms with Gasteiger partial charge in [-0.3, -0.25) is 9.59 Å². The fourth-order valence-electron chi connectivity index (χ4n) is 3.09. The van der Waals surface area contributed by atoms with E-state index in [-0.39, 0.29) is 12.3 Å². The lowest BCUT2D eigenvalue weighted by molar-refractivity contribution is -0.137. The lowest BCUT2D eigenvalue weighted by Crippen LogP contribution is -2.47. The fraction of sp³-hybridized carbons (Fsp3) is 0.529. The van der Waals surface area contributed by atoms with Crippen molar-refractivity contribution in [3.05, 3.63) is 29.3 Å². The summed E-state index contributed by atoms with van der Waals surface area (Å²) in [6.07, 6.45) is 0.744. The van der Waals surface area contributed by atoms with E-state index in [1.54, 1.807) is 11.9 Å². The monoisotopic (exact) mass is 388 g/mol. The number of alkyl halides is 3. The van der Waals surface area contributed by atoms with Crippen molar-refractivity contribution in [1.82, 2.24) is 4.90 Å². The van der Waals surface area contributed by atoms with Crippen LogP contribution in [0.4, 0.5) is 5.69 Å². The van der Waals surface area contributed by atoms with E-state index in [1.807, 2.05) is 32.0 Å². The van der Waals surface area contributed by atoms with E-state index in [0.717, 1.165) is 11.3 Å². The van der Waals surface area contributed by atoms with Gasteiger partial charge < -0.3 is 9.80 Å². The minimum absolute atomic E-state index is 0.107. The second-order valence-corrected chi connectivity index (χ2v) is 8.79. The standard InChI is InChI=1S/C17H19Cl3N2O2/c1-10-4-5-12(8-11(10)2)22-7-6-13(14(22)23)21(3)15(24)16(18)9-17(16,19)20/h4-5,8,13H,6-7,9H2,1-3H3. The number of amides is 2. The summed E-state index contributed by atoms with van der Waals surface area (Å²) in [5.74, 6) is -0.501. The van der Waals surface area contributed by atoms with Crippen molar-refractivity contribution >= 4 is 52.3 Å². The quantitative estimate of drug-likeness (QED) is 0.743. The highest BCUT2D eigenvalue weighted by Gasteiger charge is 2.72. The molecule has 0 bridgehead atoms. The Morgan fingerprint density at radius 1 is 1.25 bits per heavy atom. The van der Waals surface area contributed by atoms with E-state index in [9.17, 15) is 9.59 Å². The number of carbonyl (C=O) groups is 2. The van der Waals surface area contributed by atoms with E-state index >= 15 is 0 Å². The molecule has 1 saturated carbocycles. The minimum Gasteiger partial charge on any atom is -0.332 e. The molecule has 0 N–H and O–H groups in total. The summed E-state index contributed by atoms with van der Waals surface area (Å²) in [7, 11) is 1.58. The first kappa shape index (κ1) is 17.8. The molecule has 130 valence electrons. The molecule has 4 nitrogen and oxygen atoms in total. The third kappa shape index (κ3) is 2.69. The molecule has 24 heavy (non-hydrogen) atoms. The molecule has 1 aliphatic heterocycles. The Bertz CT molecular complexity index is 722. The summed E-state index contributed by atoms with van der Waals surface area (Å²) >= 11 is 18.2. The lowest BCUT2D eigenvalue weighted by atomic mass is 10.1. The van der Waals surface area contributed by atoms with Gasteiger partial charge in [-0.05, 0) is 43.5 Å². The third-order valence-electron chi connectivity index (χ3n) is 5.03. The van der Waals surface area contributed by atoms with Gasteiger partial charge in [-0.15, -0.1) is 11.6 Å². The Hall–Kier alpha value is -0.970. The number of rotatable bonds is 3. The number of likely N-dealkylation sites (N-methyl/N-ethyl adjacent to an activating group) is 1. The highest BCUT2D eigenvalue weighted by Crippen LogP contribution is 2.62. The van der Waals surface area contributed by atoms with Crippen LogP contribution in [-0.4, -0.2) is 45.6 Å². The molecule has 1 aliphatic carbocycles. The summed E-state index contributed by atoms with van der Waals surface area (Å²) < 4.78 is -1.25. The van der Waals surface area contributed by atoms with Gasteiger partial charge in [-0.1, -0.05) is 29.3 Å². The Morgan fingerprint density at radius 2 is 1.88 bits per heavy atom. The topological polar surface area (TPSA) is 40.6 Å². The Labute approximate surface area is 156 Å². The zero-order valence-electron chi connectivity index (χ0n) is 13.8. The van der Waals surface area contributed by atoms with Gasteiger partial charge in [0.2, 0.25) is 11.8 Å². The van der Waals surface area contributed by atoms with Crippen LogP contribution in [0.15, 0.2) is 18.2 Å². The Morgan fingerprint density at radius 3 is 2.42 bits per heavy atom. The van der Waals surface area contributed by atoms with Crippen molar-refractivity contribution in [2.24, 2.45) is 0 Å². The average molecular weight is 390 g/mol. The maximum absolute atomic E-state index is 12.8. The summed E-state index contributed by atoms with van der Waals surface area (Å²) in [5.41, 5.74) is 3.15. The molecule has 2 unspecified atom stereocenters. The van der Waals surface area contributed by atoms with Gasteiger partial charge in [0.05, 0.1) is 0 Å².